The fourth-order valence-electron chi connectivity index (χ4n) is 4.41. The highest BCUT2D eigenvalue weighted by molar-refractivity contribution is 6.22. The summed E-state index contributed by atoms with van der Waals surface area (Å²) in [5.41, 5.74) is 5.31. The number of rotatable bonds is 5. The molecule has 3 aromatic carbocycles. The van der Waals surface area contributed by atoms with Crippen LogP contribution in [0.4, 0.5) is 21.9 Å². The highest BCUT2D eigenvalue weighted by Crippen LogP contribution is 2.34. The molecule has 0 aliphatic carbocycles. The molecule has 0 atom stereocenters. The van der Waals surface area contributed by atoms with Crippen LogP contribution in [0.25, 0.3) is 10.9 Å². The van der Waals surface area contributed by atoms with Crippen LogP contribution in [-0.2, 0) is 9.47 Å². The van der Waals surface area contributed by atoms with Crippen molar-refractivity contribution in [2.24, 2.45) is 4.99 Å². The van der Waals surface area contributed by atoms with E-state index in [1.807, 2.05) is 54.6 Å². The molecule has 184 valence electrons. The molecule has 1 aromatic heterocycles. The van der Waals surface area contributed by atoms with Crippen LogP contribution in [0.2, 0.25) is 0 Å². The summed E-state index contributed by atoms with van der Waals surface area (Å²) in [4.78, 5) is 23.8. The molecule has 1 saturated heterocycles. The number of methoxy groups -OCH3 is 1. The summed E-state index contributed by atoms with van der Waals surface area (Å²) in [5.74, 6) is 0.00964. The summed E-state index contributed by atoms with van der Waals surface area (Å²) >= 11 is 0. The van der Waals surface area contributed by atoms with E-state index < -0.39 is 6.09 Å². The summed E-state index contributed by atoms with van der Waals surface area (Å²) in [6, 6.07) is 23.3. The number of ether oxygens (including phenoxy) is 2. The molecule has 1 amide bonds. The summed E-state index contributed by atoms with van der Waals surface area (Å²) in [7, 11) is 2.98. The van der Waals surface area contributed by atoms with Gasteiger partial charge in [0.05, 0.1) is 37.3 Å². The minimum atomic E-state index is -0.479. The van der Waals surface area contributed by atoms with E-state index in [-0.39, 0.29) is 5.88 Å². The van der Waals surface area contributed by atoms with Crippen molar-refractivity contribution in [2.75, 3.05) is 50.3 Å². The van der Waals surface area contributed by atoms with Gasteiger partial charge in [-0.15, -0.1) is 0 Å². The molecule has 0 saturated carbocycles. The summed E-state index contributed by atoms with van der Waals surface area (Å²) in [6.07, 6.45) is -0.479. The Bertz CT molecular complexity index is 1390. The average molecular weight is 485 g/mol. The Morgan fingerprint density at radius 3 is 2.47 bits per heavy atom. The summed E-state index contributed by atoms with van der Waals surface area (Å²) < 4.78 is 10.3. The number of morpholine rings is 1. The number of hydrogen-bond donors (Lipinski definition) is 2. The SMILES string of the molecule is COC(=O)N(C)c1ccc2[nH]c(O)c(C(=Nc3ccc(N4CCOCC4)cc3)c3ccccc3)c2c1. The molecule has 8 nitrogen and oxygen atoms in total. The van der Waals surface area contributed by atoms with Gasteiger partial charge in [0.25, 0.3) is 0 Å². The van der Waals surface area contributed by atoms with E-state index in [9.17, 15) is 9.90 Å². The lowest BCUT2D eigenvalue weighted by atomic mass is 10.0. The largest absolute Gasteiger partial charge is 0.494 e. The van der Waals surface area contributed by atoms with E-state index in [1.165, 1.54) is 12.0 Å². The third kappa shape index (κ3) is 4.63. The lowest BCUT2D eigenvalue weighted by Crippen LogP contribution is -2.36. The molecule has 4 aromatic rings. The number of nitrogens with zero attached hydrogens (tertiary/aromatic N) is 3. The number of carbonyl (C=O) groups excluding carboxylic acids is 1. The normalized spacial score (nSPS) is 14.2. The van der Waals surface area contributed by atoms with Gasteiger partial charge >= 0.3 is 6.09 Å². The lowest BCUT2D eigenvalue weighted by Gasteiger charge is -2.28. The average Bonchev–Trinajstić information content (AvgIpc) is 3.26. The van der Waals surface area contributed by atoms with Gasteiger partial charge in [-0.1, -0.05) is 30.3 Å². The molecule has 1 fully saturated rings. The molecule has 36 heavy (non-hydrogen) atoms. The summed E-state index contributed by atoms with van der Waals surface area (Å²) in [5, 5.41) is 11.7. The molecule has 0 spiro atoms. The predicted octanol–water partition coefficient (Wildman–Crippen LogP) is 5.08. The zero-order valence-electron chi connectivity index (χ0n) is 20.3. The first-order chi connectivity index (χ1) is 17.5. The number of carbonyl (C=O) groups is 1. The molecule has 0 unspecified atom stereocenters. The Morgan fingerprint density at radius 1 is 1.06 bits per heavy atom. The molecule has 5 rings (SSSR count). The zero-order chi connectivity index (χ0) is 25.1. The van der Waals surface area contributed by atoms with E-state index in [4.69, 9.17) is 14.5 Å². The van der Waals surface area contributed by atoms with Gasteiger partial charge in [-0.25, -0.2) is 9.79 Å². The number of aromatic hydroxyl groups is 1. The number of H-pyrrole nitrogens is 1. The fourth-order valence-corrected chi connectivity index (χ4v) is 4.41. The lowest BCUT2D eigenvalue weighted by molar-refractivity contribution is 0.122. The predicted molar refractivity (Wildman–Crippen MR) is 142 cm³/mol. The number of benzene rings is 3. The van der Waals surface area contributed by atoms with Gasteiger partial charge in [0, 0.05) is 48.0 Å². The van der Waals surface area contributed by atoms with Gasteiger partial charge in [0.1, 0.15) is 0 Å². The van der Waals surface area contributed by atoms with Crippen LogP contribution in [-0.4, -0.2) is 62.4 Å². The molecule has 1 aliphatic heterocycles. The van der Waals surface area contributed by atoms with Crippen LogP contribution in [0.5, 0.6) is 5.88 Å². The van der Waals surface area contributed by atoms with Gasteiger partial charge in [0.2, 0.25) is 0 Å². The smallest absolute Gasteiger partial charge is 0.413 e. The quantitative estimate of drug-likeness (QED) is 0.386. The van der Waals surface area contributed by atoms with Gasteiger partial charge in [-0.3, -0.25) is 4.90 Å². The molecular weight excluding hydrogens is 456 g/mol. The van der Waals surface area contributed by atoms with E-state index >= 15 is 0 Å². The maximum absolute atomic E-state index is 12.1. The third-order valence-corrected chi connectivity index (χ3v) is 6.35. The second-order valence-corrected chi connectivity index (χ2v) is 8.55. The minimum Gasteiger partial charge on any atom is -0.494 e. The molecule has 8 heteroatoms. The monoisotopic (exact) mass is 484 g/mol. The highest BCUT2D eigenvalue weighted by Gasteiger charge is 2.21. The van der Waals surface area contributed by atoms with E-state index in [0.717, 1.165) is 54.1 Å². The zero-order valence-corrected chi connectivity index (χ0v) is 20.3. The van der Waals surface area contributed by atoms with Crippen LogP contribution in [0.3, 0.4) is 0 Å². The van der Waals surface area contributed by atoms with Crippen molar-refractivity contribution in [1.82, 2.24) is 4.98 Å². The van der Waals surface area contributed by atoms with E-state index in [1.54, 1.807) is 13.1 Å². The van der Waals surface area contributed by atoms with Crippen LogP contribution in [0.15, 0.2) is 77.8 Å². The maximum Gasteiger partial charge on any atom is 0.413 e. The Kier molecular flexibility index (Phi) is 6.60. The first kappa shape index (κ1) is 23.4. The molecule has 1 aliphatic rings. The molecular formula is C28H28N4O4. The van der Waals surface area contributed by atoms with Crippen molar-refractivity contribution in [2.45, 2.75) is 0 Å². The van der Waals surface area contributed by atoms with Crippen molar-refractivity contribution in [3.8, 4) is 5.88 Å². The second-order valence-electron chi connectivity index (χ2n) is 8.55. The number of amides is 1. The standard InChI is InChI=1S/C28H28N4O4/c1-31(28(34)35-2)22-12-13-24-23(18-22)25(27(33)30-24)26(19-6-4-3-5-7-19)29-20-8-10-21(11-9-20)32-14-16-36-17-15-32/h3-13,18,30,33H,14-17H2,1-2H3. The van der Waals surface area contributed by atoms with Crippen molar-refractivity contribution >= 4 is 39.8 Å². The molecule has 0 radical (unpaired) electrons. The highest BCUT2D eigenvalue weighted by atomic mass is 16.5. The van der Waals surface area contributed by atoms with Crippen LogP contribution in [0.1, 0.15) is 11.1 Å². The molecule has 0 bridgehead atoms. The van der Waals surface area contributed by atoms with Gasteiger partial charge in [-0.05, 0) is 42.5 Å². The fraction of sp³-hybridized carbons (Fsp3) is 0.214. The first-order valence-corrected chi connectivity index (χ1v) is 11.8. The molecule has 2 N–H and O–H groups in total. The number of aromatic nitrogens is 1. The van der Waals surface area contributed by atoms with Crippen LogP contribution < -0.4 is 9.80 Å². The van der Waals surface area contributed by atoms with Crippen molar-refractivity contribution < 1.29 is 19.4 Å². The Hall–Kier alpha value is -4.30. The second kappa shape index (κ2) is 10.1. The number of aliphatic imine (C=N–C) groups is 1. The van der Waals surface area contributed by atoms with Crippen LogP contribution >= 0.6 is 0 Å². The number of fused-ring (bicyclic) bond motifs is 1. The third-order valence-electron chi connectivity index (χ3n) is 6.35. The van der Waals surface area contributed by atoms with Crippen molar-refractivity contribution in [3.63, 3.8) is 0 Å². The Morgan fingerprint density at radius 2 is 1.78 bits per heavy atom. The topological polar surface area (TPSA) is 90.4 Å². The Labute approximate surface area is 209 Å². The number of hydrogen-bond acceptors (Lipinski definition) is 6. The molecule has 2 heterocycles. The van der Waals surface area contributed by atoms with Gasteiger partial charge in [-0.2, -0.15) is 0 Å². The van der Waals surface area contributed by atoms with Gasteiger partial charge in [0.15, 0.2) is 5.88 Å². The summed E-state index contributed by atoms with van der Waals surface area (Å²) in [6.45, 7) is 3.18. The Balaban J connectivity index is 1.60. The van der Waals surface area contributed by atoms with Crippen molar-refractivity contribution in [3.05, 3.63) is 83.9 Å². The van der Waals surface area contributed by atoms with Crippen molar-refractivity contribution in [1.29, 1.82) is 0 Å². The number of anilines is 2. The van der Waals surface area contributed by atoms with Gasteiger partial charge < -0.3 is 24.5 Å². The van der Waals surface area contributed by atoms with E-state index in [2.05, 4.69) is 22.0 Å². The minimum absolute atomic E-state index is 0.00964. The number of aromatic amines is 1. The first-order valence-electron chi connectivity index (χ1n) is 11.8. The van der Waals surface area contributed by atoms with Crippen LogP contribution in [0, 0.1) is 0 Å². The maximum atomic E-state index is 12.1. The number of nitrogens with one attached hydrogen (secondary N) is 1. The van der Waals surface area contributed by atoms with E-state index in [0.29, 0.717) is 17.0 Å².